The summed E-state index contributed by atoms with van der Waals surface area (Å²) in [4.78, 5) is 39.9. The van der Waals surface area contributed by atoms with E-state index in [0.29, 0.717) is 16.4 Å². The Hall–Kier alpha value is -3.43. The molecular formula is C21H14BrClN4O4. The van der Waals surface area contributed by atoms with Gasteiger partial charge in [-0.25, -0.2) is 9.36 Å². The van der Waals surface area contributed by atoms with Crippen LogP contribution in [0.15, 0.2) is 73.3 Å². The minimum atomic E-state index is -0.841. The number of nitrogens with zero attached hydrogens (tertiary/aromatic N) is 3. The molecule has 0 aliphatic carbocycles. The summed E-state index contributed by atoms with van der Waals surface area (Å²) in [5.74, 6) is -1.09. The lowest BCUT2D eigenvalue weighted by Gasteiger charge is -2.12. The van der Waals surface area contributed by atoms with Crippen molar-refractivity contribution in [2.75, 3.05) is 5.01 Å². The SMILES string of the molecule is CC1=NN(c2ccc(Br)cc2)C(=O)/C1=C/c1c(O)n(-c2cccc(Cl)c2)c(=O)[nH]c1=O. The van der Waals surface area contributed by atoms with Crippen LogP contribution in [0.5, 0.6) is 5.88 Å². The number of aromatic amines is 1. The standard InChI is InChI=1S/C21H14BrClN4O4/c1-11-16(20(30)27(25-11)14-7-5-12(22)6-8-14)10-17-18(28)24-21(31)26(19(17)29)15-4-2-3-13(23)9-15/h2-10,29H,1H3,(H,24,28,31)/b16-10+. The molecule has 0 atom stereocenters. The molecule has 0 unspecified atom stereocenters. The van der Waals surface area contributed by atoms with Gasteiger partial charge in [0.1, 0.15) is 5.56 Å². The van der Waals surface area contributed by atoms with E-state index in [4.69, 9.17) is 11.6 Å². The first-order valence-corrected chi connectivity index (χ1v) is 10.1. The van der Waals surface area contributed by atoms with Gasteiger partial charge in [-0.15, -0.1) is 0 Å². The molecule has 2 heterocycles. The van der Waals surface area contributed by atoms with Gasteiger partial charge in [-0.3, -0.25) is 14.6 Å². The normalized spacial score (nSPS) is 14.9. The lowest BCUT2D eigenvalue weighted by Crippen LogP contribution is -2.30. The first kappa shape index (κ1) is 20.8. The van der Waals surface area contributed by atoms with E-state index >= 15 is 0 Å². The summed E-state index contributed by atoms with van der Waals surface area (Å²) in [6, 6.07) is 13.2. The Kier molecular flexibility index (Phi) is 5.38. The van der Waals surface area contributed by atoms with E-state index in [1.54, 1.807) is 49.4 Å². The highest BCUT2D eigenvalue weighted by atomic mass is 79.9. The van der Waals surface area contributed by atoms with Crippen molar-refractivity contribution in [3.05, 3.63) is 90.0 Å². The fourth-order valence-electron chi connectivity index (χ4n) is 3.11. The molecule has 1 aliphatic rings. The van der Waals surface area contributed by atoms with Crippen LogP contribution in [0.3, 0.4) is 0 Å². The Labute approximate surface area is 188 Å². The van der Waals surface area contributed by atoms with Gasteiger partial charge in [-0.1, -0.05) is 33.6 Å². The van der Waals surface area contributed by atoms with Gasteiger partial charge >= 0.3 is 5.69 Å². The number of nitrogens with one attached hydrogen (secondary N) is 1. The Morgan fingerprint density at radius 1 is 1.10 bits per heavy atom. The molecule has 1 aliphatic heterocycles. The number of aromatic nitrogens is 2. The minimum absolute atomic E-state index is 0.111. The summed E-state index contributed by atoms with van der Waals surface area (Å²) >= 11 is 9.32. The number of hydrogen-bond acceptors (Lipinski definition) is 5. The van der Waals surface area contributed by atoms with Crippen LogP contribution in [-0.2, 0) is 4.79 Å². The van der Waals surface area contributed by atoms with Crippen LogP contribution < -0.4 is 16.3 Å². The summed E-state index contributed by atoms with van der Waals surface area (Å²) < 4.78 is 1.75. The van der Waals surface area contributed by atoms with Crippen molar-refractivity contribution in [2.24, 2.45) is 5.10 Å². The number of carbonyl (C=O) groups is 1. The highest BCUT2D eigenvalue weighted by Gasteiger charge is 2.29. The number of benzene rings is 2. The van der Waals surface area contributed by atoms with Crippen molar-refractivity contribution in [3.63, 3.8) is 0 Å². The van der Waals surface area contributed by atoms with Gasteiger partial charge in [0, 0.05) is 9.50 Å². The van der Waals surface area contributed by atoms with Crippen LogP contribution >= 0.6 is 27.5 Å². The third-order valence-electron chi connectivity index (χ3n) is 4.61. The van der Waals surface area contributed by atoms with Crippen LogP contribution in [0.4, 0.5) is 5.69 Å². The maximum Gasteiger partial charge on any atom is 0.335 e. The molecule has 0 saturated heterocycles. The molecule has 1 aromatic heterocycles. The third kappa shape index (κ3) is 3.85. The van der Waals surface area contributed by atoms with Gasteiger partial charge in [0.2, 0.25) is 5.88 Å². The number of anilines is 1. The van der Waals surface area contributed by atoms with E-state index in [2.05, 4.69) is 26.0 Å². The van der Waals surface area contributed by atoms with Gasteiger partial charge in [0.05, 0.1) is 22.7 Å². The van der Waals surface area contributed by atoms with Crippen molar-refractivity contribution in [1.29, 1.82) is 0 Å². The Morgan fingerprint density at radius 2 is 1.81 bits per heavy atom. The zero-order valence-electron chi connectivity index (χ0n) is 16.0. The van der Waals surface area contributed by atoms with Crippen LogP contribution in [0.1, 0.15) is 12.5 Å². The summed E-state index contributed by atoms with van der Waals surface area (Å²) in [5, 5.41) is 16.5. The summed E-state index contributed by atoms with van der Waals surface area (Å²) in [5.41, 5.74) is -0.673. The highest BCUT2D eigenvalue weighted by Crippen LogP contribution is 2.27. The Balaban J connectivity index is 1.82. The molecule has 10 heteroatoms. The molecule has 0 saturated carbocycles. The van der Waals surface area contributed by atoms with E-state index in [-0.39, 0.29) is 16.8 Å². The molecule has 1 amide bonds. The second-order valence-corrected chi connectivity index (χ2v) is 8.00. The van der Waals surface area contributed by atoms with Crippen molar-refractivity contribution in [3.8, 4) is 11.6 Å². The average molecular weight is 502 g/mol. The fraction of sp³-hybridized carbons (Fsp3) is 0.0476. The number of amides is 1. The number of aromatic hydroxyl groups is 1. The van der Waals surface area contributed by atoms with Gasteiger partial charge in [0.15, 0.2) is 0 Å². The van der Waals surface area contributed by atoms with Gasteiger partial charge in [-0.2, -0.15) is 10.1 Å². The molecule has 156 valence electrons. The molecule has 31 heavy (non-hydrogen) atoms. The van der Waals surface area contributed by atoms with Crippen LogP contribution in [0, 0.1) is 0 Å². The number of hydrazone groups is 1. The second-order valence-electron chi connectivity index (χ2n) is 6.65. The lowest BCUT2D eigenvalue weighted by molar-refractivity contribution is -0.114. The molecule has 4 rings (SSSR count). The maximum atomic E-state index is 12.9. The zero-order valence-corrected chi connectivity index (χ0v) is 18.3. The maximum absolute atomic E-state index is 12.9. The molecule has 0 bridgehead atoms. The van der Waals surface area contributed by atoms with E-state index < -0.39 is 23.0 Å². The van der Waals surface area contributed by atoms with Gasteiger partial charge in [-0.05, 0) is 55.5 Å². The topological polar surface area (TPSA) is 108 Å². The van der Waals surface area contributed by atoms with E-state index in [0.717, 1.165) is 9.04 Å². The van der Waals surface area contributed by atoms with E-state index in [9.17, 15) is 19.5 Å². The number of halogens is 2. The van der Waals surface area contributed by atoms with E-state index in [1.165, 1.54) is 17.2 Å². The van der Waals surface area contributed by atoms with Crippen molar-refractivity contribution in [2.45, 2.75) is 6.92 Å². The predicted molar refractivity (Wildman–Crippen MR) is 122 cm³/mol. The molecule has 2 N–H and O–H groups in total. The Morgan fingerprint density at radius 3 is 2.48 bits per heavy atom. The molecule has 0 spiro atoms. The first-order chi connectivity index (χ1) is 14.8. The van der Waals surface area contributed by atoms with Gasteiger partial charge in [0.25, 0.3) is 11.5 Å². The molecule has 8 nitrogen and oxygen atoms in total. The summed E-state index contributed by atoms with van der Waals surface area (Å²) in [6.07, 6.45) is 1.22. The average Bonchev–Trinajstić information content (AvgIpc) is 2.99. The quantitative estimate of drug-likeness (QED) is 0.536. The van der Waals surface area contributed by atoms with Crippen LogP contribution in [-0.4, -0.2) is 26.3 Å². The largest absolute Gasteiger partial charge is 0.494 e. The number of carbonyl (C=O) groups excluding carboxylic acids is 1. The number of hydrogen-bond donors (Lipinski definition) is 2. The monoisotopic (exact) mass is 500 g/mol. The van der Waals surface area contributed by atoms with Crippen LogP contribution in [0.25, 0.3) is 11.8 Å². The first-order valence-electron chi connectivity index (χ1n) is 8.98. The van der Waals surface area contributed by atoms with Crippen LogP contribution in [0.2, 0.25) is 5.02 Å². The smallest absolute Gasteiger partial charge is 0.335 e. The van der Waals surface area contributed by atoms with Crippen molar-refractivity contribution >= 4 is 50.9 Å². The molecular weight excluding hydrogens is 488 g/mol. The highest BCUT2D eigenvalue weighted by molar-refractivity contribution is 9.10. The van der Waals surface area contributed by atoms with E-state index in [1.807, 2.05) is 0 Å². The molecule has 0 radical (unpaired) electrons. The fourth-order valence-corrected chi connectivity index (χ4v) is 3.56. The minimum Gasteiger partial charge on any atom is -0.494 e. The molecule has 2 aromatic carbocycles. The second kappa shape index (κ2) is 8.01. The Bertz CT molecular complexity index is 1390. The summed E-state index contributed by atoms with van der Waals surface area (Å²) in [7, 11) is 0. The zero-order chi connectivity index (χ0) is 22.3. The van der Waals surface area contributed by atoms with Gasteiger partial charge < -0.3 is 5.11 Å². The third-order valence-corrected chi connectivity index (χ3v) is 5.37. The lowest BCUT2D eigenvalue weighted by atomic mass is 10.1. The molecule has 3 aromatic rings. The van der Waals surface area contributed by atoms with Crippen molar-refractivity contribution in [1.82, 2.24) is 9.55 Å². The molecule has 0 fully saturated rings. The van der Waals surface area contributed by atoms with Crippen molar-refractivity contribution < 1.29 is 9.90 Å². The number of rotatable bonds is 3. The predicted octanol–water partition coefficient (Wildman–Crippen LogP) is 3.45. The number of H-pyrrole nitrogens is 1. The summed E-state index contributed by atoms with van der Waals surface area (Å²) in [6.45, 7) is 1.61.